The van der Waals surface area contributed by atoms with E-state index in [9.17, 15) is 4.39 Å². The molecule has 0 N–H and O–H groups in total. The molecule has 1 aliphatic rings. The van der Waals surface area contributed by atoms with Crippen LogP contribution in [-0.2, 0) is 6.54 Å². The van der Waals surface area contributed by atoms with E-state index in [1.165, 1.54) is 17.2 Å². The van der Waals surface area contributed by atoms with E-state index in [4.69, 9.17) is 0 Å². The Bertz CT molecular complexity index is 604. The fourth-order valence-electron chi connectivity index (χ4n) is 2.65. The van der Waals surface area contributed by atoms with Gasteiger partial charge in [0.1, 0.15) is 5.82 Å². The van der Waals surface area contributed by atoms with Crippen molar-refractivity contribution in [3.05, 3.63) is 77.6 Å². The van der Waals surface area contributed by atoms with Gasteiger partial charge in [0.05, 0.1) is 0 Å². The van der Waals surface area contributed by atoms with Gasteiger partial charge in [-0.2, -0.15) is 0 Å². The van der Waals surface area contributed by atoms with Crippen LogP contribution in [0.1, 0.15) is 17.5 Å². The highest BCUT2D eigenvalue weighted by Gasteiger charge is 2.13. The van der Waals surface area contributed by atoms with E-state index in [-0.39, 0.29) is 5.82 Å². The Morgan fingerprint density at radius 2 is 1.85 bits per heavy atom. The summed E-state index contributed by atoms with van der Waals surface area (Å²) >= 11 is 0. The Morgan fingerprint density at radius 1 is 1.00 bits per heavy atom. The van der Waals surface area contributed by atoms with Gasteiger partial charge in [-0.05, 0) is 35.3 Å². The molecule has 0 fully saturated rings. The highest BCUT2D eigenvalue weighted by Crippen LogP contribution is 2.23. The summed E-state index contributed by atoms with van der Waals surface area (Å²) in [7, 11) is 0. The molecular formula is C18H18FN. The highest BCUT2D eigenvalue weighted by molar-refractivity contribution is 5.66. The van der Waals surface area contributed by atoms with Crippen molar-refractivity contribution in [3.63, 3.8) is 0 Å². The molecule has 0 radical (unpaired) electrons. The molecule has 1 nitrogen and oxygen atoms in total. The first-order valence-electron chi connectivity index (χ1n) is 7.02. The smallest absolute Gasteiger partial charge is 0.123 e. The van der Waals surface area contributed by atoms with Crippen molar-refractivity contribution in [3.8, 4) is 0 Å². The first-order valence-corrected chi connectivity index (χ1v) is 7.02. The van der Waals surface area contributed by atoms with Gasteiger partial charge in [-0.15, -0.1) is 0 Å². The van der Waals surface area contributed by atoms with Gasteiger partial charge in [0.15, 0.2) is 0 Å². The first-order chi connectivity index (χ1) is 9.81. The van der Waals surface area contributed by atoms with E-state index in [1.54, 1.807) is 12.1 Å². The Kier molecular flexibility index (Phi) is 3.93. The van der Waals surface area contributed by atoms with Gasteiger partial charge in [-0.1, -0.05) is 48.5 Å². The monoisotopic (exact) mass is 267 g/mol. The molecule has 0 bridgehead atoms. The second-order valence-electron chi connectivity index (χ2n) is 5.21. The van der Waals surface area contributed by atoms with E-state index in [0.717, 1.165) is 31.6 Å². The zero-order valence-electron chi connectivity index (χ0n) is 11.4. The van der Waals surface area contributed by atoms with Crippen molar-refractivity contribution in [1.82, 2.24) is 4.90 Å². The van der Waals surface area contributed by atoms with Crippen LogP contribution in [0.5, 0.6) is 0 Å². The lowest BCUT2D eigenvalue weighted by atomic mass is 9.99. The van der Waals surface area contributed by atoms with E-state index in [1.807, 2.05) is 12.1 Å². The van der Waals surface area contributed by atoms with Crippen molar-refractivity contribution >= 4 is 5.57 Å². The van der Waals surface area contributed by atoms with Crippen LogP contribution in [0.4, 0.5) is 4.39 Å². The zero-order valence-corrected chi connectivity index (χ0v) is 11.4. The number of nitrogens with zero attached hydrogens (tertiary/aromatic N) is 1. The average Bonchev–Trinajstić information content (AvgIpc) is 2.49. The Labute approximate surface area is 119 Å². The molecule has 0 aromatic heterocycles. The molecule has 0 unspecified atom stereocenters. The fraction of sp³-hybridized carbons (Fsp3) is 0.222. The molecule has 20 heavy (non-hydrogen) atoms. The third-order valence-electron chi connectivity index (χ3n) is 3.74. The van der Waals surface area contributed by atoms with E-state index in [2.05, 4.69) is 35.2 Å². The molecule has 0 saturated carbocycles. The molecule has 2 heteroatoms. The van der Waals surface area contributed by atoms with E-state index < -0.39 is 0 Å². The van der Waals surface area contributed by atoms with E-state index >= 15 is 0 Å². The average molecular weight is 267 g/mol. The molecule has 0 amide bonds. The molecule has 0 aliphatic carbocycles. The standard InChI is InChI=1S/C18H18FN/c19-18-8-4-7-17(13-18)16-9-11-20(12-10-16)14-15-5-2-1-3-6-15/h1-9,13H,10-12,14H2. The molecule has 1 heterocycles. The van der Waals surface area contributed by atoms with Crippen molar-refractivity contribution in [2.75, 3.05) is 13.1 Å². The molecule has 1 aliphatic heterocycles. The summed E-state index contributed by atoms with van der Waals surface area (Å²) < 4.78 is 13.2. The highest BCUT2D eigenvalue weighted by atomic mass is 19.1. The third kappa shape index (κ3) is 3.14. The van der Waals surface area contributed by atoms with Crippen LogP contribution >= 0.6 is 0 Å². The summed E-state index contributed by atoms with van der Waals surface area (Å²) in [5.41, 5.74) is 3.62. The lowest BCUT2D eigenvalue weighted by Gasteiger charge is -2.26. The minimum atomic E-state index is -0.157. The maximum atomic E-state index is 13.2. The van der Waals surface area contributed by atoms with E-state index in [0.29, 0.717) is 0 Å². The predicted octanol–water partition coefficient (Wildman–Crippen LogP) is 4.12. The number of benzene rings is 2. The van der Waals surface area contributed by atoms with Crippen LogP contribution in [0.15, 0.2) is 60.7 Å². The normalized spacial score (nSPS) is 15.9. The number of hydrogen-bond acceptors (Lipinski definition) is 1. The zero-order chi connectivity index (χ0) is 13.8. The molecule has 2 aromatic rings. The molecule has 0 atom stereocenters. The molecule has 3 rings (SSSR count). The summed E-state index contributed by atoms with van der Waals surface area (Å²) in [5.74, 6) is -0.157. The lowest BCUT2D eigenvalue weighted by molar-refractivity contribution is 0.294. The van der Waals surface area contributed by atoms with Gasteiger partial charge in [-0.3, -0.25) is 4.90 Å². The van der Waals surface area contributed by atoms with Crippen LogP contribution in [0, 0.1) is 5.82 Å². The van der Waals surface area contributed by atoms with Gasteiger partial charge < -0.3 is 0 Å². The fourth-order valence-corrected chi connectivity index (χ4v) is 2.65. The summed E-state index contributed by atoms with van der Waals surface area (Å²) in [4.78, 5) is 2.41. The summed E-state index contributed by atoms with van der Waals surface area (Å²) in [6, 6.07) is 17.4. The van der Waals surface area contributed by atoms with Crippen LogP contribution < -0.4 is 0 Å². The van der Waals surface area contributed by atoms with Crippen molar-refractivity contribution in [1.29, 1.82) is 0 Å². The quantitative estimate of drug-likeness (QED) is 0.808. The SMILES string of the molecule is Fc1cccc(C2=CCN(Cc3ccccc3)CC2)c1. The van der Waals surface area contributed by atoms with Crippen LogP contribution in [0.2, 0.25) is 0 Å². The summed E-state index contributed by atoms with van der Waals surface area (Å²) in [6.07, 6.45) is 3.21. The molecule has 102 valence electrons. The van der Waals surface area contributed by atoms with Crippen molar-refractivity contribution in [2.24, 2.45) is 0 Å². The van der Waals surface area contributed by atoms with Gasteiger partial charge in [0.25, 0.3) is 0 Å². The topological polar surface area (TPSA) is 3.24 Å². The largest absolute Gasteiger partial charge is 0.295 e. The minimum absolute atomic E-state index is 0.157. The number of rotatable bonds is 3. The van der Waals surface area contributed by atoms with Gasteiger partial charge >= 0.3 is 0 Å². The van der Waals surface area contributed by atoms with Crippen molar-refractivity contribution < 1.29 is 4.39 Å². The Balaban J connectivity index is 1.66. The minimum Gasteiger partial charge on any atom is -0.295 e. The van der Waals surface area contributed by atoms with Gasteiger partial charge in [0, 0.05) is 19.6 Å². The number of halogens is 1. The third-order valence-corrected chi connectivity index (χ3v) is 3.74. The molecule has 0 spiro atoms. The molecular weight excluding hydrogens is 249 g/mol. The summed E-state index contributed by atoms with van der Waals surface area (Å²) in [5, 5.41) is 0. The second-order valence-corrected chi connectivity index (χ2v) is 5.21. The molecule has 0 saturated heterocycles. The van der Waals surface area contributed by atoms with Gasteiger partial charge in [0.2, 0.25) is 0 Å². The maximum absolute atomic E-state index is 13.2. The lowest BCUT2D eigenvalue weighted by Crippen LogP contribution is -2.27. The summed E-state index contributed by atoms with van der Waals surface area (Å²) in [6.45, 7) is 2.94. The molecule has 2 aromatic carbocycles. The second kappa shape index (κ2) is 6.02. The van der Waals surface area contributed by atoms with Gasteiger partial charge in [-0.25, -0.2) is 4.39 Å². The first kappa shape index (κ1) is 13.1. The van der Waals surface area contributed by atoms with Crippen LogP contribution in [0.25, 0.3) is 5.57 Å². The Hall–Kier alpha value is -1.93. The Morgan fingerprint density at radius 3 is 2.55 bits per heavy atom. The van der Waals surface area contributed by atoms with Crippen LogP contribution in [-0.4, -0.2) is 18.0 Å². The maximum Gasteiger partial charge on any atom is 0.123 e. The predicted molar refractivity (Wildman–Crippen MR) is 80.7 cm³/mol. The van der Waals surface area contributed by atoms with Crippen LogP contribution in [0.3, 0.4) is 0 Å². The van der Waals surface area contributed by atoms with Crippen molar-refractivity contribution in [2.45, 2.75) is 13.0 Å². The number of hydrogen-bond donors (Lipinski definition) is 0.